The SMILES string of the molecule is CC(=O)OC[C@H]1C[C@@H](C)CC[C@]1(C)[C@H]1CC[C@@]2(C)[C@@H](CC[C@@]2(O)c2nccs2)[C@@H]1CN=[N+]=[N-].CC(=O)OC[C@H]1C[C@@H](O)CC[C@]1(C)[C@H]1CC[C@@]2(C)[C@@H](CC[C@@]2(O)c2nccs2)[C@@H]1CN.CC(=O)OC[C@H]1C[C@@H](O)CC[C@]1(C)[C@H]1CC[C@@]2(C)[C@@H](CC[C@@]2(O)c2nccs2)[C@@H]1CN=[N+]=[N-].C[C@]1([C@H]2CC[C@@]3(C)[C@@H](CC[C@@]3(O)c3nccs3)[C@@H]2CN)CC[C@H](O)C[C@@H]1CO. The van der Waals surface area contributed by atoms with E-state index in [9.17, 15) is 60.8 Å². The zero-order valence-electron chi connectivity index (χ0n) is 76.4. The van der Waals surface area contributed by atoms with E-state index in [0.29, 0.717) is 131 Å². The van der Waals surface area contributed by atoms with Gasteiger partial charge in [0, 0.05) is 130 Å². The number of azide groups is 2. The molecule has 16 rings (SSSR count). The molecule has 696 valence electrons. The van der Waals surface area contributed by atoms with Crippen LogP contribution in [-0.4, -0.2) is 150 Å². The van der Waals surface area contributed by atoms with Crippen molar-refractivity contribution in [2.24, 2.45) is 166 Å². The highest BCUT2D eigenvalue weighted by molar-refractivity contribution is 7.10. The summed E-state index contributed by atoms with van der Waals surface area (Å²) in [4.78, 5) is 58.9. The van der Waals surface area contributed by atoms with Gasteiger partial charge < -0.3 is 66.5 Å². The van der Waals surface area contributed by atoms with Gasteiger partial charge in [-0.15, -0.1) is 45.3 Å². The van der Waals surface area contributed by atoms with Gasteiger partial charge in [-0.2, -0.15) is 0 Å². The van der Waals surface area contributed by atoms with Crippen LogP contribution < -0.4 is 11.5 Å². The predicted molar refractivity (Wildman–Crippen MR) is 484 cm³/mol. The highest BCUT2D eigenvalue weighted by Crippen LogP contribution is 2.73. The number of nitrogens with two attached hydrogens (primary N) is 2. The lowest BCUT2D eigenvalue weighted by molar-refractivity contribution is -0.157. The van der Waals surface area contributed by atoms with Gasteiger partial charge in [-0.05, 0) is 308 Å². The fourth-order valence-electron chi connectivity index (χ4n) is 30.5. The normalized spacial score (nSPS) is 44.9. The molecule has 26 nitrogen and oxygen atoms in total. The van der Waals surface area contributed by atoms with Crippen LogP contribution in [0.15, 0.2) is 56.5 Å². The van der Waals surface area contributed by atoms with E-state index < -0.39 is 22.4 Å². The van der Waals surface area contributed by atoms with Crippen LogP contribution in [0.4, 0.5) is 0 Å². The van der Waals surface area contributed by atoms with Crippen molar-refractivity contribution in [3.05, 3.63) is 87.2 Å². The Hall–Kier alpha value is -4.85. The molecule has 4 heterocycles. The minimum atomic E-state index is -0.966. The Morgan fingerprint density at radius 1 is 0.400 bits per heavy atom. The van der Waals surface area contributed by atoms with Gasteiger partial charge in [0.1, 0.15) is 42.4 Å². The van der Waals surface area contributed by atoms with Gasteiger partial charge in [-0.25, -0.2) is 19.9 Å². The number of hydrogen-bond acceptors (Lipinski definition) is 26. The first-order valence-electron chi connectivity index (χ1n) is 47.2. The third kappa shape index (κ3) is 17.7. The molecule has 12 aliphatic rings. The summed E-state index contributed by atoms with van der Waals surface area (Å²) in [6.45, 7) is 28.2. The second-order valence-corrected chi connectivity index (χ2v) is 46.7. The first-order chi connectivity index (χ1) is 59.3. The highest BCUT2D eigenvalue weighted by Gasteiger charge is 2.70. The number of fused-ring (bicyclic) bond motifs is 4. The number of carbonyl (C=O) groups is 3. The molecule has 12 fully saturated rings. The van der Waals surface area contributed by atoms with Crippen LogP contribution in [0.3, 0.4) is 0 Å². The highest BCUT2D eigenvalue weighted by atomic mass is 32.1. The van der Waals surface area contributed by atoms with E-state index in [0.717, 1.165) is 161 Å². The van der Waals surface area contributed by atoms with Gasteiger partial charge in [-0.3, -0.25) is 14.4 Å². The fraction of sp³-hybridized carbons (Fsp3) is 0.842. The lowest BCUT2D eigenvalue weighted by Crippen LogP contribution is -2.55. The van der Waals surface area contributed by atoms with Crippen molar-refractivity contribution in [1.82, 2.24) is 19.9 Å². The molecule has 0 aliphatic heterocycles. The summed E-state index contributed by atoms with van der Waals surface area (Å²) in [6, 6.07) is 0. The van der Waals surface area contributed by atoms with E-state index >= 15 is 0 Å². The maximum Gasteiger partial charge on any atom is 0.302 e. The average molecular weight is 1810 g/mol. The van der Waals surface area contributed by atoms with Gasteiger partial charge in [0.15, 0.2) is 0 Å². The van der Waals surface area contributed by atoms with Crippen molar-refractivity contribution in [2.75, 3.05) is 52.6 Å². The van der Waals surface area contributed by atoms with Crippen LogP contribution in [0.2, 0.25) is 0 Å². The second-order valence-electron chi connectivity index (χ2n) is 43.1. The van der Waals surface area contributed by atoms with Crippen LogP contribution >= 0.6 is 45.3 Å². The molecule has 0 saturated heterocycles. The second kappa shape index (κ2) is 38.8. The standard InChI is InChI=1S/C25H38N4O3S.C24H36N4O4S.C24H38N2O4S.C22H36N2O3S/c1-16-5-8-23(3,18(13-16)15-32-17(2)30)20-6-9-24(4)21(19(20)14-28-29-26)7-10-25(24,31)22-27-11-12-33-22;1-15(29)32-14-16-12-17(30)4-7-22(16,2)19-5-8-23(3)20(18(19)13-27-28-25)6-9-24(23,31)21-26-10-11-33-21;1-15(27)30-14-16-12-17(28)4-7-22(16,2)19-5-8-23(3)20(18(19)13-25)6-9-24(23,29)21-26-10-11-31-21;1-20(6-3-15(26)11-14(20)13-25)17-4-7-21(2)18(16(17)12-23)5-8-22(21,27)19-24-9-10-28-19/h11-12,16,18-21,31H,5-10,13-15H2,1-4H3;10-11,16-20,30-31H,4-9,12-14H2,1-3H3;10-11,16-20,28-29H,4-9,12-14,25H2,1-3H3;9-10,14-18,25-27H,3-8,11-13,23H2,1-2H3/t16-,18+,19+,20-,21-,23-,24-,25+;2*16-,17+,18-,19+,20+,22+,23+,24-;14-,15+,16-,17+,18+,20+,21+,22-/m0111/s1. The summed E-state index contributed by atoms with van der Waals surface area (Å²) in [5.41, 5.74) is 26.3. The number of aliphatic hydroxyl groups excluding tert-OH is 4. The lowest BCUT2D eigenvalue weighted by Gasteiger charge is -2.58. The van der Waals surface area contributed by atoms with E-state index in [1.54, 1.807) is 47.5 Å². The molecule has 30 heteroatoms. The van der Waals surface area contributed by atoms with Crippen molar-refractivity contribution in [1.29, 1.82) is 0 Å². The molecule has 0 aromatic carbocycles. The smallest absolute Gasteiger partial charge is 0.302 e. The van der Waals surface area contributed by atoms with E-state index in [4.69, 9.17) is 31.2 Å². The topological polar surface area (TPSA) is 442 Å². The Bertz CT molecular complexity index is 4210. The monoisotopic (exact) mass is 1810 g/mol. The van der Waals surface area contributed by atoms with Crippen LogP contribution in [0.5, 0.6) is 0 Å². The number of thiazole rings is 4. The fourth-order valence-corrected chi connectivity index (χ4v) is 34.1. The molecule has 32 atom stereocenters. The Morgan fingerprint density at radius 3 is 0.920 bits per heavy atom. The quantitative estimate of drug-likeness (QED) is 0.0122. The van der Waals surface area contributed by atoms with Gasteiger partial charge in [0.25, 0.3) is 0 Å². The Balaban J connectivity index is 0.000000143. The maximum atomic E-state index is 11.9. The Kier molecular flexibility index (Phi) is 30.3. The molecule has 4 aromatic heterocycles. The molecule has 125 heavy (non-hydrogen) atoms. The van der Waals surface area contributed by atoms with Gasteiger partial charge >= 0.3 is 17.9 Å². The zero-order valence-corrected chi connectivity index (χ0v) is 79.7. The van der Waals surface area contributed by atoms with Crippen molar-refractivity contribution in [3.8, 4) is 0 Å². The first kappa shape index (κ1) is 97.7. The molecule has 12 aliphatic carbocycles. The molecule has 12 N–H and O–H groups in total. The first-order valence-corrected chi connectivity index (χ1v) is 50.7. The summed E-state index contributed by atoms with van der Waals surface area (Å²) in [5.74, 6) is 4.00. The van der Waals surface area contributed by atoms with Crippen molar-refractivity contribution in [2.45, 2.75) is 304 Å². The molecular formula is C95H148N12O14S4. The number of hydrogen-bond donors (Lipinski definition) is 10. The number of rotatable bonds is 21. The molecule has 0 unspecified atom stereocenters. The summed E-state index contributed by atoms with van der Waals surface area (Å²) < 4.78 is 16.4. The average Bonchev–Trinajstić information content (AvgIpc) is 1.58. The predicted octanol–water partition coefficient (Wildman–Crippen LogP) is 17.3. The van der Waals surface area contributed by atoms with Gasteiger partial charge in [0.2, 0.25) is 0 Å². The van der Waals surface area contributed by atoms with Crippen molar-refractivity contribution < 1.29 is 69.4 Å². The largest absolute Gasteiger partial charge is 0.466 e. The van der Waals surface area contributed by atoms with E-state index in [2.05, 4.69) is 102 Å². The van der Waals surface area contributed by atoms with E-state index in [-0.39, 0.29) is 133 Å². The number of nitrogens with zero attached hydrogens (tertiary/aromatic N) is 10. The number of aliphatic hydroxyl groups is 8. The summed E-state index contributed by atoms with van der Waals surface area (Å²) in [6.07, 6.45) is 30.6. The van der Waals surface area contributed by atoms with Gasteiger partial charge in [-0.1, -0.05) is 79.0 Å². The van der Waals surface area contributed by atoms with E-state index in [1.807, 2.05) is 21.5 Å². The summed E-state index contributed by atoms with van der Waals surface area (Å²) in [7, 11) is 0. The number of ether oxygens (including phenoxy) is 3. The molecule has 0 radical (unpaired) electrons. The number of aromatic nitrogens is 4. The minimum absolute atomic E-state index is 0.00122. The summed E-state index contributed by atoms with van der Waals surface area (Å²) in [5, 5.41) is 108. The van der Waals surface area contributed by atoms with Crippen LogP contribution in [-0.2, 0) is 51.0 Å². The third-order valence-corrected chi connectivity index (χ3v) is 41.8. The number of carbonyl (C=O) groups excluding carboxylic acids is 3. The van der Waals surface area contributed by atoms with Crippen LogP contribution in [0, 0.1) is 144 Å². The summed E-state index contributed by atoms with van der Waals surface area (Å²) >= 11 is 6.16. The van der Waals surface area contributed by atoms with Crippen molar-refractivity contribution in [3.63, 3.8) is 0 Å². The minimum Gasteiger partial charge on any atom is -0.466 e. The third-order valence-electron chi connectivity index (χ3n) is 38.1. The molecule has 0 amide bonds. The molecule has 0 spiro atoms. The molecule has 12 saturated carbocycles. The molecule has 0 bridgehead atoms. The molecular weight excluding hydrogens is 1660 g/mol. The Morgan fingerprint density at radius 2 is 0.656 bits per heavy atom. The van der Waals surface area contributed by atoms with Crippen molar-refractivity contribution >= 4 is 63.3 Å². The van der Waals surface area contributed by atoms with E-state index in [1.165, 1.54) is 49.9 Å². The molecule has 4 aromatic rings. The maximum absolute atomic E-state index is 11.9. The van der Waals surface area contributed by atoms with Gasteiger partial charge in [0.05, 0.1) is 38.1 Å². The van der Waals surface area contributed by atoms with Crippen LogP contribution in [0.25, 0.3) is 20.9 Å². The lowest BCUT2D eigenvalue weighted by atomic mass is 9.48. The van der Waals surface area contributed by atoms with Crippen LogP contribution in [0.1, 0.15) is 283 Å². The zero-order chi connectivity index (χ0) is 90.3. The Labute approximate surface area is 756 Å². The number of esters is 3.